The zero-order valence-electron chi connectivity index (χ0n) is 8.53. The van der Waals surface area contributed by atoms with Gasteiger partial charge in [0.2, 0.25) is 0 Å². The maximum atomic E-state index is 11.2. The second-order valence-electron chi connectivity index (χ2n) is 3.28. The fraction of sp³-hybridized carbons (Fsp3) is 0.100. The SMILES string of the molecule is CS(=O)(=O)c1ccc(-c2ccnnc2)nc1. The van der Waals surface area contributed by atoms with Crippen LogP contribution in [0.1, 0.15) is 0 Å². The van der Waals surface area contributed by atoms with Crippen LogP contribution < -0.4 is 0 Å². The lowest BCUT2D eigenvalue weighted by Crippen LogP contribution is -1.98. The highest BCUT2D eigenvalue weighted by Gasteiger charge is 2.07. The first-order valence-corrected chi connectivity index (χ1v) is 6.40. The minimum absolute atomic E-state index is 0.207. The van der Waals surface area contributed by atoms with Crippen molar-refractivity contribution in [3.05, 3.63) is 36.8 Å². The molecule has 6 heteroatoms. The zero-order valence-corrected chi connectivity index (χ0v) is 9.35. The molecule has 5 nitrogen and oxygen atoms in total. The molecule has 0 amide bonds. The number of hydrogen-bond donors (Lipinski definition) is 0. The lowest BCUT2D eigenvalue weighted by molar-refractivity contribution is 0.601. The quantitative estimate of drug-likeness (QED) is 0.774. The highest BCUT2D eigenvalue weighted by Crippen LogP contribution is 2.16. The molecule has 0 unspecified atom stereocenters. The van der Waals surface area contributed by atoms with Gasteiger partial charge < -0.3 is 0 Å². The molecule has 0 fully saturated rings. The minimum Gasteiger partial charge on any atom is -0.255 e. The highest BCUT2D eigenvalue weighted by atomic mass is 32.2. The van der Waals surface area contributed by atoms with E-state index in [9.17, 15) is 8.42 Å². The topological polar surface area (TPSA) is 72.8 Å². The van der Waals surface area contributed by atoms with Gasteiger partial charge in [0.05, 0.1) is 23.0 Å². The first kappa shape index (κ1) is 10.7. The Morgan fingerprint density at radius 2 is 1.88 bits per heavy atom. The highest BCUT2D eigenvalue weighted by molar-refractivity contribution is 7.90. The number of rotatable bonds is 2. The van der Waals surface area contributed by atoms with E-state index in [1.54, 1.807) is 24.5 Å². The monoisotopic (exact) mass is 235 g/mol. The molecule has 0 aliphatic rings. The summed E-state index contributed by atoms with van der Waals surface area (Å²) in [6.07, 6.45) is 5.62. The van der Waals surface area contributed by atoms with Crippen LogP contribution in [-0.4, -0.2) is 29.9 Å². The van der Waals surface area contributed by atoms with Gasteiger partial charge in [0, 0.05) is 18.0 Å². The minimum atomic E-state index is -3.19. The van der Waals surface area contributed by atoms with Crippen LogP contribution in [0.25, 0.3) is 11.3 Å². The fourth-order valence-electron chi connectivity index (χ4n) is 1.21. The van der Waals surface area contributed by atoms with E-state index in [0.717, 1.165) is 11.8 Å². The van der Waals surface area contributed by atoms with Crippen molar-refractivity contribution in [2.75, 3.05) is 6.26 Å². The van der Waals surface area contributed by atoms with Crippen molar-refractivity contribution in [3.63, 3.8) is 0 Å². The molecule has 0 aromatic carbocycles. The summed E-state index contributed by atoms with van der Waals surface area (Å²) in [6.45, 7) is 0. The van der Waals surface area contributed by atoms with Crippen molar-refractivity contribution in [2.24, 2.45) is 0 Å². The van der Waals surface area contributed by atoms with Gasteiger partial charge in [0.15, 0.2) is 9.84 Å². The summed E-state index contributed by atoms with van der Waals surface area (Å²) < 4.78 is 22.4. The van der Waals surface area contributed by atoms with Crippen LogP contribution in [-0.2, 0) is 9.84 Å². The van der Waals surface area contributed by atoms with Crippen molar-refractivity contribution < 1.29 is 8.42 Å². The molecule has 0 aliphatic carbocycles. The van der Waals surface area contributed by atoms with Crippen LogP contribution in [0.2, 0.25) is 0 Å². The summed E-state index contributed by atoms with van der Waals surface area (Å²) in [6, 6.07) is 4.93. The van der Waals surface area contributed by atoms with Crippen LogP contribution in [0.15, 0.2) is 41.7 Å². The molecule has 0 aliphatic heterocycles. The fourth-order valence-corrected chi connectivity index (χ4v) is 1.77. The van der Waals surface area contributed by atoms with Gasteiger partial charge in [-0.05, 0) is 18.2 Å². The van der Waals surface area contributed by atoms with Crippen molar-refractivity contribution >= 4 is 9.84 Å². The van der Waals surface area contributed by atoms with Gasteiger partial charge >= 0.3 is 0 Å². The summed E-state index contributed by atoms with van der Waals surface area (Å²) in [5, 5.41) is 7.38. The normalized spacial score (nSPS) is 11.3. The van der Waals surface area contributed by atoms with Crippen LogP contribution >= 0.6 is 0 Å². The summed E-state index contributed by atoms with van der Waals surface area (Å²) >= 11 is 0. The molecule has 2 rings (SSSR count). The molecule has 0 bridgehead atoms. The molecule has 0 radical (unpaired) electrons. The molecule has 82 valence electrons. The second-order valence-corrected chi connectivity index (χ2v) is 5.30. The zero-order chi connectivity index (χ0) is 11.6. The first-order chi connectivity index (χ1) is 7.57. The smallest absolute Gasteiger partial charge is 0.177 e. The van der Waals surface area contributed by atoms with Crippen LogP contribution in [0.3, 0.4) is 0 Å². The Kier molecular flexibility index (Phi) is 2.66. The molecule has 2 aromatic rings. The number of sulfone groups is 1. The number of pyridine rings is 1. The molecule has 0 atom stereocenters. The molecular formula is C10H9N3O2S. The lowest BCUT2D eigenvalue weighted by Gasteiger charge is -2.01. The molecule has 0 N–H and O–H groups in total. The molecule has 16 heavy (non-hydrogen) atoms. The Morgan fingerprint density at radius 3 is 2.38 bits per heavy atom. The van der Waals surface area contributed by atoms with E-state index < -0.39 is 9.84 Å². The standard InChI is InChI=1S/C10H9N3O2S/c1-16(14,15)9-2-3-10(11-7-9)8-4-5-12-13-6-8/h2-7H,1H3. The van der Waals surface area contributed by atoms with Gasteiger partial charge in [-0.3, -0.25) is 4.98 Å². The predicted octanol–water partition coefficient (Wildman–Crippen LogP) is 0.942. The van der Waals surface area contributed by atoms with E-state index >= 15 is 0 Å². The average Bonchev–Trinajstić information content (AvgIpc) is 2.29. The van der Waals surface area contributed by atoms with Crippen molar-refractivity contribution in [3.8, 4) is 11.3 Å². The Bertz CT molecular complexity index is 579. The summed E-state index contributed by atoms with van der Waals surface area (Å²) in [5.74, 6) is 0. The van der Waals surface area contributed by atoms with Gasteiger partial charge in [0.25, 0.3) is 0 Å². The third kappa shape index (κ3) is 2.22. The molecular weight excluding hydrogens is 226 g/mol. The summed E-state index contributed by atoms with van der Waals surface area (Å²) in [5.41, 5.74) is 1.47. The Morgan fingerprint density at radius 1 is 1.06 bits per heavy atom. The van der Waals surface area contributed by atoms with E-state index in [0.29, 0.717) is 5.69 Å². The van der Waals surface area contributed by atoms with Crippen molar-refractivity contribution in [1.29, 1.82) is 0 Å². The van der Waals surface area contributed by atoms with E-state index in [-0.39, 0.29) is 4.90 Å². The Balaban J connectivity index is 2.41. The third-order valence-corrected chi connectivity index (χ3v) is 3.14. The van der Waals surface area contributed by atoms with Gasteiger partial charge in [-0.1, -0.05) is 0 Å². The molecule has 2 heterocycles. The van der Waals surface area contributed by atoms with E-state index in [4.69, 9.17) is 0 Å². The third-order valence-electron chi connectivity index (χ3n) is 2.04. The lowest BCUT2D eigenvalue weighted by atomic mass is 10.2. The molecule has 0 saturated carbocycles. The van der Waals surface area contributed by atoms with Gasteiger partial charge in [-0.15, -0.1) is 0 Å². The molecule has 0 saturated heterocycles. The number of hydrogen-bond acceptors (Lipinski definition) is 5. The number of aromatic nitrogens is 3. The average molecular weight is 235 g/mol. The van der Waals surface area contributed by atoms with Gasteiger partial charge in [0.1, 0.15) is 0 Å². The van der Waals surface area contributed by atoms with Crippen molar-refractivity contribution in [2.45, 2.75) is 4.90 Å². The first-order valence-electron chi connectivity index (χ1n) is 4.50. The van der Waals surface area contributed by atoms with Gasteiger partial charge in [-0.2, -0.15) is 10.2 Å². The van der Waals surface area contributed by atoms with Gasteiger partial charge in [-0.25, -0.2) is 8.42 Å². The van der Waals surface area contributed by atoms with E-state index in [2.05, 4.69) is 15.2 Å². The molecule has 0 spiro atoms. The van der Waals surface area contributed by atoms with Crippen LogP contribution in [0.5, 0.6) is 0 Å². The predicted molar refractivity (Wildman–Crippen MR) is 58.4 cm³/mol. The summed E-state index contributed by atoms with van der Waals surface area (Å²) in [4.78, 5) is 4.28. The Hall–Kier alpha value is -1.82. The maximum Gasteiger partial charge on any atom is 0.177 e. The largest absolute Gasteiger partial charge is 0.255 e. The van der Waals surface area contributed by atoms with Crippen LogP contribution in [0.4, 0.5) is 0 Å². The second kappa shape index (κ2) is 3.97. The van der Waals surface area contributed by atoms with E-state index in [1.165, 1.54) is 12.3 Å². The van der Waals surface area contributed by atoms with Crippen molar-refractivity contribution in [1.82, 2.24) is 15.2 Å². The Labute approximate surface area is 93.1 Å². The van der Waals surface area contributed by atoms with Crippen LogP contribution in [0, 0.1) is 0 Å². The number of nitrogens with zero attached hydrogens (tertiary/aromatic N) is 3. The molecule has 2 aromatic heterocycles. The summed E-state index contributed by atoms with van der Waals surface area (Å²) in [7, 11) is -3.19. The maximum absolute atomic E-state index is 11.2. The van der Waals surface area contributed by atoms with E-state index in [1.807, 2.05) is 0 Å².